The maximum absolute atomic E-state index is 5.48. The second-order valence-electron chi connectivity index (χ2n) is 8.98. The number of anilines is 1. The van der Waals surface area contributed by atoms with E-state index in [4.69, 9.17) is 9.84 Å². The largest absolute Gasteiger partial charge is 0.379 e. The Labute approximate surface area is 174 Å². The molecule has 5 heteroatoms. The fourth-order valence-corrected chi connectivity index (χ4v) is 4.96. The van der Waals surface area contributed by atoms with Crippen molar-refractivity contribution in [3.63, 3.8) is 0 Å². The lowest BCUT2D eigenvalue weighted by atomic mass is 9.82. The monoisotopic (exact) mass is 394 g/mol. The SMILES string of the molecule is c1ccc(-n2cc(N3CCC(CCN4CCOCC4)CC3)c(C3CCC3)n2)cc1. The summed E-state index contributed by atoms with van der Waals surface area (Å²) in [5.41, 5.74) is 3.90. The van der Waals surface area contributed by atoms with Crippen LogP contribution in [-0.4, -0.2) is 60.6 Å². The van der Waals surface area contributed by atoms with Crippen LogP contribution in [-0.2, 0) is 4.74 Å². The van der Waals surface area contributed by atoms with Crippen molar-refractivity contribution in [3.8, 4) is 5.69 Å². The van der Waals surface area contributed by atoms with Crippen LogP contribution in [0.4, 0.5) is 5.69 Å². The zero-order valence-corrected chi connectivity index (χ0v) is 17.5. The highest BCUT2D eigenvalue weighted by Gasteiger charge is 2.30. The average molecular weight is 395 g/mol. The smallest absolute Gasteiger partial charge is 0.0893 e. The van der Waals surface area contributed by atoms with Crippen molar-refractivity contribution < 1.29 is 4.74 Å². The van der Waals surface area contributed by atoms with Crippen LogP contribution >= 0.6 is 0 Å². The summed E-state index contributed by atoms with van der Waals surface area (Å²) in [6, 6.07) is 10.6. The van der Waals surface area contributed by atoms with Crippen LogP contribution in [0, 0.1) is 5.92 Å². The molecule has 5 nitrogen and oxygen atoms in total. The predicted molar refractivity (Wildman–Crippen MR) is 117 cm³/mol. The molecule has 0 unspecified atom stereocenters. The summed E-state index contributed by atoms with van der Waals surface area (Å²) in [5.74, 6) is 1.53. The van der Waals surface area contributed by atoms with Crippen LogP contribution in [0.5, 0.6) is 0 Å². The topological polar surface area (TPSA) is 33.5 Å². The number of aromatic nitrogens is 2. The highest BCUT2D eigenvalue weighted by atomic mass is 16.5. The van der Waals surface area contributed by atoms with Crippen LogP contribution in [0.2, 0.25) is 0 Å². The van der Waals surface area contributed by atoms with Crippen LogP contribution in [0.3, 0.4) is 0 Å². The van der Waals surface area contributed by atoms with E-state index >= 15 is 0 Å². The van der Waals surface area contributed by atoms with Crippen molar-refractivity contribution in [2.24, 2.45) is 5.92 Å². The van der Waals surface area contributed by atoms with Crippen molar-refractivity contribution in [3.05, 3.63) is 42.2 Å². The Balaban J connectivity index is 1.23. The first kappa shape index (κ1) is 19.1. The summed E-state index contributed by atoms with van der Waals surface area (Å²) < 4.78 is 7.58. The molecule has 0 spiro atoms. The second kappa shape index (κ2) is 8.88. The molecule has 2 aliphatic heterocycles. The van der Waals surface area contributed by atoms with Gasteiger partial charge >= 0.3 is 0 Å². The van der Waals surface area contributed by atoms with Crippen molar-refractivity contribution in [2.75, 3.05) is 50.8 Å². The zero-order valence-electron chi connectivity index (χ0n) is 17.5. The lowest BCUT2D eigenvalue weighted by molar-refractivity contribution is 0.0349. The molecule has 0 atom stereocenters. The molecule has 1 saturated carbocycles. The van der Waals surface area contributed by atoms with E-state index in [9.17, 15) is 0 Å². The first-order valence-corrected chi connectivity index (χ1v) is 11.6. The Hall–Kier alpha value is -1.85. The fourth-order valence-electron chi connectivity index (χ4n) is 4.96. The Bertz CT molecular complexity index is 771. The number of rotatable bonds is 6. The first-order valence-electron chi connectivity index (χ1n) is 11.6. The maximum atomic E-state index is 5.48. The van der Waals surface area contributed by atoms with E-state index in [-0.39, 0.29) is 0 Å². The molecule has 0 amide bonds. The van der Waals surface area contributed by atoms with Gasteiger partial charge in [-0.25, -0.2) is 4.68 Å². The Kier molecular flexibility index (Phi) is 5.86. The van der Waals surface area contributed by atoms with E-state index < -0.39 is 0 Å². The fraction of sp³-hybridized carbons (Fsp3) is 0.625. The van der Waals surface area contributed by atoms with Crippen LogP contribution in [0.25, 0.3) is 5.69 Å². The molecule has 2 saturated heterocycles. The van der Waals surface area contributed by atoms with E-state index in [0.717, 1.165) is 32.2 Å². The van der Waals surface area contributed by atoms with Crippen molar-refractivity contribution >= 4 is 5.69 Å². The molecule has 29 heavy (non-hydrogen) atoms. The van der Waals surface area contributed by atoms with E-state index in [1.54, 1.807) is 0 Å². The van der Waals surface area contributed by atoms with Crippen LogP contribution in [0.1, 0.15) is 50.1 Å². The Morgan fingerprint density at radius 1 is 0.931 bits per heavy atom. The first-order chi connectivity index (χ1) is 14.4. The van der Waals surface area contributed by atoms with Crippen LogP contribution in [0.15, 0.2) is 36.5 Å². The summed E-state index contributed by atoms with van der Waals surface area (Å²) in [5, 5.41) is 5.05. The number of para-hydroxylation sites is 1. The second-order valence-corrected chi connectivity index (χ2v) is 8.98. The van der Waals surface area contributed by atoms with Gasteiger partial charge in [-0.1, -0.05) is 24.6 Å². The molecule has 3 aliphatic rings. The van der Waals surface area contributed by atoms with E-state index in [1.807, 2.05) is 0 Å². The van der Waals surface area contributed by atoms with Gasteiger partial charge in [0.1, 0.15) is 0 Å². The number of nitrogens with zero attached hydrogens (tertiary/aromatic N) is 4. The van der Waals surface area contributed by atoms with E-state index in [0.29, 0.717) is 5.92 Å². The molecule has 3 heterocycles. The number of benzene rings is 1. The van der Waals surface area contributed by atoms with Crippen LogP contribution < -0.4 is 4.90 Å². The molecule has 1 aromatic heterocycles. The van der Waals surface area contributed by atoms with Gasteiger partial charge < -0.3 is 9.64 Å². The van der Waals surface area contributed by atoms with Gasteiger partial charge in [0.05, 0.1) is 36.5 Å². The van der Waals surface area contributed by atoms with Gasteiger partial charge in [-0.15, -0.1) is 0 Å². The normalized spacial score (nSPS) is 22.0. The number of piperidine rings is 1. The maximum Gasteiger partial charge on any atom is 0.0893 e. The Morgan fingerprint density at radius 2 is 1.69 bits per heavy atom. The molecule has 2 aromatic rings. The van der Waals surface area contributed by atoms with Crippen molar-refractivity contribution in [2.45, 2.75) is 44.4 Å². The van der Waals surface area contributed by atoms with Gasteiger partial charge in [-0.2, -0.15) is 5.10 Å². The Morgan fingerprint density at radius 3 is 2.38 bits per heavy atom. The zero-order chi connectivity index (χ0) is 19.5. The van der Waals surface area contributed by atoms with Crippen molar-refractivity contribution in [1.82, 2.24) is 14.7 Å². The number of morpholine rings is 1. The molecule has 0 N–H and O–H groups in total. The predicted octanol–water partition coefficient (Wildman–Crippen LogP) is 4.08. The summed E-state index contributed by atoms with van der Waals surface area (Å²) in [6.07, 6.45) is 10.2. The highest BCUT2D eigenvalue weighted by molar-refractivity contribution is 5.53. The third-order valence-electron chi connectivity index (χ3n) is 7.15. The number of hydrogen-bond acceptors (Lipinski definition) is 4. The van der Waals surface area contributed by atoms with Gasteiger partial charge in [0, 0.05) is 32.1 Å². The molecule has 0 radical (unpaired) electrons. The summed E-state index contributed by atoms with van der Waals surface area (Å²) in [4.78, 5) is 5.19. The number of hydrogen-bond donors (Lipinski definition) is 0. The van der Waals surface area contributed by atoms with Gasteiger partial charge in [-0.05, 0) is 56.7 Å². The summed E-state index contributed by atoms with van der Waals surface area (Å²) >= 11 is 0. The quantitative estimate of drug-likeness (QED) is 0.739. The average Bonchev–Trinajstić information content (AvgIpc) is 3.17. The molecular formula is C24H34N4O. The van der Waals surface area contributed by atoms with Crippen molar-refractivity contribution in [1.29, 1.82) is 0 Å². The third kappa shape index (κ3) is 4.36. The van der Waals surface area contributed by atoms with Gasteiger partial charge in [0.2, 0.25) is 0 Å². The molecule has 0 bridgehead atoms. The molecular weight excluding hydrogens is 360 g/mol. The minimum absolute atomic E-state index is 0.661. The molecule has 1 aliphatic carbocycles. The molecule has 5 rings (SSSR count). The molecule has 1 aromatic carbocycles. The summed E-state index contributed by atoms with van der Waals surface area (Å²) in [7, 11) is 0. The van der Waals surface area contributed by atoms with E-state index in [1.165, 1.54) is 75.2 Å². The third-order valence-corrected chi connectivity index (χ3v) is 7.15. The minimum atomic E-state index is 0.661. The lowest BCUT2D eigenvalue weighted by Gasteiger charge is -2.36. The van der Waals surface area contributed by atoms with Gasteiger partial charge in [-0.3, -0.25) is 4.90 Å². The van der Waals surface area contributed by atoms with E-state index in [2.05, 4.69) is 51.0 Å². The minimum Gasteiger partial charge on any atom is -0.379 e. The molecule has 156 valence electrons. The lowest BCUT2D eigenvalue weighted by Crippen LogP contribution is -2.39. The highest BCUT2D eigenvalue weighted by Crippen LogP contribution is 2.41. The molecule has 3 fully saturated rings. The standard InChI is InChI=1S/C24H34N4O/c1-2-7-22(8-3-1)28-19-23(24(25-28)21-5-4-6-21)27-13-10-20(11-14-27)9-12-26-15-17-29-18-16-26/h1-3,7-8,19-21H,4-6,9-18H2. The van der Waals surface area contributed by atoms with Gasteiger partial charge in [0.15, 0.2) is 0 Å². The summed E-state index contributed by atoms with van der Waals surface area (Å²) in [6.45, 7) is 7.64. The number of ether oxygens (including phenoxy) is 1. The van der Waals surface area contributed by atoms with Gasteiger partial charge in [0.25, 0.3) is 0 Å².